The number of hydrogen-bond donors (Lipinski definition) is 0. The Hall–Kier alpha value is 1.63. The van der Waals surface area contributed by atoms with Gasteiger partial charge in [-0.2, -0.15) is 0 Å². The van der Waals surface area contributed by atoms with Crippen molar-refractivity contribution in [1.29, 1.82) is 0 Å². The summed E-state index contributed by atoms with van der Waals surface area (Å²) in [6.45, 7) is 0.972. The monoisotopic (exact) mass is 161 g/mol. The third-order valence-electron chi connectivity index (χ3n) is 0. The zero-order chi connectivity index (χ0) is 3.58. The molecule has 1 radical (unpaired) electrons. The van der Waals surface area contributed by atoms with Gasteiger partial charge in [0, 0.05) is 23.0 Å². The largest absolute Gasteiger partial charge is 1.00 e. The number of carboxylic acid groups (broad SMARTS) is 1. The molecule has 0 unspecified atom stereocenters. The van der Waals surface area contributed by atoms with Crippen LogP contribution in [0.15, 0.2) is 0 Å². The summed E-state index contributed by atoms with van der Waals surface area (Å²) in [4.78, 5) is 8.89. The summed E-state index contributed by atoms with van der Waals surface area (Å²) < 4.78 is 0. The first-order chi connectivity index (χ1) is 1.73. The van der Waals surface area contributed by atoms with E-state index in [0.29, 0.717) is 0 Å². The first-order valence-corrected chi connectivity index (χ1v) is 0.908. The minimum Gasteiger partial charge on any atom is -0.550 e. The van der Waals surface area contributed by atoms with Crippen molar-refractivity contribution in [3.63, 3.8) is 0 Å². The van der Waals surface area contributed by atoms with Gasteiger partial charge in [-0.25, -0.2) is 0 Å². The molecule has 0 saturated carbocycles. The Bertz CT molecular complexity index is 34.5. The second kappa shape index (κ2) is 9.80. The summed E-state index contributed by atoms with van der Waals surface area (Å²) in [6.07, 6.45) is 0. The Morgan fingerprint density at radius 3 is 1.67 bits per heavy atom. The quantitative estimate of drug-likeness (QED) is 0.338. The fourth-order valence-electron chi connectivity index (χ4n) is 0. The summed E-state index contributed by atoms with van der Waals surface area (Å²) in [5, 5.41) is 8.89. The molecule has 35 valence electrons. The van der Waals surface area contributed by atoms with E-state index in [9.17, 15) is 0 Å². The Balaban J connectivity index is -0.0000000450. The molecule has 0 saturated heterocycles. The molecule has 6 heavy (non-hydrogen) atoms. The van der Waals surface area contributed by atoms with E-state index in [0.717, 1.165) is 6.92 Å². The molecule has 2 nitrogen and oxygen atoms in total. The van der Waals surface area contributed by atoms with Crippen molar-refractivity contribution in [2.75, 3.05) is 0 Å². The minimum absolute atomic E-state index is 0. The van der Waals surface area contributed by atoms with Gasteiger partial charge in [0.05, 0.1) is 0 Å². The summed E-state index contributed by atoms with van der Waals surface area (Å²) in [6, 6.07) is 0. The molecular weight excluding hydrogens is 159 g/mol. The maximum atomic E-state index is 8.89. The number of aliphatic carboxylic acids is 1. The van der Waals surface area contributed by atoms with Crippen molar-refractivity contribution >= 4 is 5.97 Å². The van der Waals surface area contributed by atoms with Crippen LogP contribution in [0.5, 0.6) is 0 Å². The van der Waals surface area contributed by atoms with E-state index in [1.807, 2.05) is 0 Å². The first-order valence-electron chi connectivity index (χ1n) is 0.908. The number of hydrogen-bond acceptors (Lipinski definition) is 2. The van der Waals surface area contributed by atoms with Gasteiger partial charge in [-0.3, -0.25) is 0 Å². The van der Waals surface area contributed by atoms with Crippen LogP contribution in [0, 0.1) is 0 Å². The zero-order valence-corrected chi connectivity index (χ0v) is 7.68. The van der Waals surface area contributed by atoms with E-state index < -0.39 is 5.97 Å². The maximum Gasteiger partial charge on any atom is 1.00 e. The number of rotatable bonds is 0. The van der Waals surface area contributed by atoms with E-state index in [1.165, 1.54) is 0 Å². The normalized spacial score (nSPS) is 4.17. The molecule has 0 heterocycles. The average molecular weight is 162 g/mol. The maximum absolute atomic E-state index is 8.89. The van der Waals surface area contributed by atoms with Crippen molar-refractivity contribution in [3.05, 3.63) is 0 Å². The molecule has 0 aromatic rings. The van der Waals surface area contributed by atoms with Crippen LogP contribution in [0.4, 0.5) is 0 Å². The Morgan fingerprint density at radius 2 is 1.67 bits per heavy atom. The second-order valence-electron chi connectivity index (χ2n) is 0.492. The second-order valence-corrected chi connectivity index (χ2v) is 0.492. The molecule has 0 aromatic heterocycles. The molecule has 0 bridgehead atoms. The fourth-order valence-corrected chi connectivity index (χ4v) is 0. The molecule has 0 spiro atoms. The Kier molecular flexibility index (Phi) is 25.6. The molecule has 4 heteroatoms. The third kappa shape index (κ3) is 45.5. The predicted octanol–water partition coefficient (Wildman–Crippen LogP) is -4.24. The van der Waals surface area contributed by atoms with Crippen molar-refractivity contribution < 1.29 is 78.4 Å². The van der Waals surface area contributed by atoms with Crippen molar-refractivity contribution in [3.8, 4) is 0 Å². The Morgan fingerprint density at radius 1 is 1.67 bits per heavy atom. The molecule has 0 aliphatic heterocycles. The van der Waals surface area contributed by atoms with Crippen molar-refractivity contribution in [2.45, 2.75) is 6.92 Å². The van der Waals surface area contributed by atoms with E-state index in [1.54, 1.807) is 0 Å². The smallest absolute Gasteiger partial charge is 0.550 e. The SMILES string of the molecule is CC(=O)[O-].[Cu].[K+]. The van der Waals surface area contributed by atoms with Gasteiger partial charge < -0.3 is 9.90 Å². The van der Waals surface area contributed by atoms with Gasteiger partial charge in [0.25, 0.3) is 0 Å². The van der Waals surface area contributed by atoms with Crippen LogP contribution in [0.2, 0.25) is 0 Å². The van der Waals surface area contributed by atoms with Crippen LogP contribution in [-0.4, -0.2) is 5.97 Å². The van der Waals surface area contributed by atoms with Crippen molar-refractivity contribution in [1.82, 2.24) is 0 Å². The summed E-state index contributed by atoms with van der Waals surface area (Å²) in [5.41, 5.74) is 0. The van der Waals surface area contributed by atoms with Crippen LogP contribution >= 0.6 is 0 Å². The van der Waals surface area contributed by atoms with Crippen LogP contribution in [0.3, 0.4) is 0 Å². The van der Waals surface area contributed by atoms with Crippen molar-refractivity contribution in [2.24, 2.45) is 0 Å². The molecule has 0 rings (SSSR count). The molecule has 0 atom stereocenters. The third-order valence-corrected chi connectivity index (χ3v) is 0. The average Bonchev–Trinajstić information content (AvgIpc) is 0.811. The Labute approximate surface area is 89.6 Å². The van der Waals surface area contributed by atoms with E-state index in [2.05, 4.69) is 0 Å². The van der Waals surface area contributed by atoms with Crippen LogP contribution in [0.25, 0.3) is 0 Å². The van der Waals surface area contributed by atoms with Gasteiger partial charge in [-0.15, -0.1) is 0 Å². The van der Waals surface area contributed by atoms with E-state index >= 15 is 0 Å². The predicted molar refractivity (Wildman–Crippen MR) is 10.7 cm³/mol. The van der Waals surface area contributed by atoms with E-state index in [-0.39, 0.29) is 68.5 Å². The topological polar surface area (TPSA) is 40.1 Å². The molecule has 0 aliphatic rings. The van der Waals surface area contributed by atoms with Crippen LogP contribution in [0.1, 0.15) is 6.92 Å². The summed E-state index contributed by atoms with van der Waals surface area (Å²) >= 11 is 0. The van der Waals surface area contributed by atoms with Gasteiger partial charge >= 0.3 is 51.4 Å². The van der Waals surface area contributed by atoms with Crippen LogP contribution < -0.4 is 56.5 Å². The molecular formula is C2H3CuKO2. The number of carboxylic acids is 1. The van der Waals surface area contributed by atoms with Gasteiger partial charge in [0.15, 0.2) is 0 Å². The van der Waals surface area contributed by atoms with Gasteiger partial charge in [-0.1, -0.05) is 0 Å². The standard InChI is InChI=1S/C2H4O2.Cu.K/c1-2(3)4;;/h1H3,(H,3,4);;/q;;+1/p-1. The molecule has 0 N–H and O–H groups in total. The van der Waals surface area contributed by atoms with Gasteiger partial charge in [0.1, 0.15) is 0 Å². The summed E-state index contributed by atoms with van der Waals surface area (Å²) in [5.74, 6) is -1.08. The van der Waals surface area contributed by atoms with E-state index in [4.69, 9.17) is 9.90 Å². The minimum atomic E-state index is -1.08. The first kappa shape index (κ1) is 15.6. The number of carbonyl (C=O) groups is 1. The molecule has 0 aliphatic carbocycles. The summed E-state index contributed by atoms with van der Waals surface area (Å²) in [7, 11) is 0. The zero-order valence-electron chi connectivity index (χ0n) is 3.62. The van der Waals surface area contributed by atoms with Gasteiger partial charge in [-0.05, 0) is 6.92 Å². The van der Waals surface area contributed by atoms with Crippen LogP contribution in [-0.2, 0) is 21.9 Å². The molecule has 0 fully saturated rings. The fraction of sp³-hybridized carbons (Fsp3) is 0.500. The van der Waals surface area contributed by atoms with Gasteiger partial charge in [0.2, 0.25) is 0 Å². The molecule has 0 amide bonds. The number of carbonyl (C=O) groups excluding carboxylic acids is 1. The molecule has 0 aromatic carbocycles.